The number of amides is 1. The van der Waals surface area contributed by atoms with E-state index in [1.54, 1.807) is 12.4 Å². The molecule has 0 unspecified atom stereocenters. The van der Waals surface area contributed by atoms with Crippen molar-refractivity contribution in [2.24, 2.45) is 0 Å². The van der Waals surface area contributed by atoms with Crippen LogP contribution in [0.1, 0.15) is 25.9 Å². The monoisotopic (exact) mass is 408 g/mol. The highest BCUT2D eigenvalue weighted by Crippen LogP contribution is 2.36. The number of hydrogen-bond acceptors (Lipinski definition) is 7. The van der Waals surface area contributed by atoms with Crippen molar-refractivity contribution in [3.8, 4) is 22.6 Å². The predicted octanol–water partition coefficient (Wildman–Crippen LogP) is 3.18. The molecular formula is C21H20N4O3S. The SMILES string of the molecule is Cc1c(NC(=O)c2nc3c(s2)CNCC3)cncc1-c1ccc2c(c1)OCCO2. The van der Waals surface area contributed by atoms with Gasteiger partial charge >= 0.3 is 0 Å². The maximum Gasteiger partial charge on any atom is 0.284 e. The fourth-order valence-electron chi connectivity index (χ4n) is 3.55. The Morgan fingerprint density at radius 2 is 2.07 bits per heavy atom. The first-order valence-corrected chi connectivity index (χ1v) is 10.4. The van der Waals surface area contributed by atoms with Crippen molar-refractivity contribution >= 4 is 22.9 Å². The molecule has 2 aromatic heterocycles. The number of carbonyl (C=O) groups excluding carboxylic acids is 1. The molecule has 4 heterocycles. The number of pyridine rings is 1. The largest absolute Gasteiger partial charge is 0.486 e. The fraction of sp³-hybridized carbons (Fsp3) is 0.286. The van der Waals surface area contributed by atoms with Gasteiger partial charge < -0.3 is 20.1 Å². The highest BCUT2D eigenvalue weighted by molar-refractivity contribution is 7.13. The number of benzene rings is 1. The van der Waals surface area contributed by atoms with Gasteiger partial charge in [-0.25, -0.2) is 4.98 Å². The molecule has 0 aliphatic carbocycles. The highest BCUT2D eigenvalue weighted by Gasteiger charge is 2.20. The number of nitrogens with one attached hydrogen (secondary N) is 2. The van der Waals surface area contributed by atoms with Crippen molar-refractivity contribution in [2.75, 3.05) is 25.1 Å². The first-order valence-electron chi connectivity index (χ1n) is 9.54. The molecule has 3 aromatic rings. The second kappa shape index (κ2) is 7.46. The molecule has 5 rings (SSSR count). The third kappa shape index (κ3) is 3.45. The maximum atomic E-state index is 12.8. The summed E-state index contributed by atoms with van der Waals surface area (Å²) in [6.45, 7) is 4.75. The van der Waals surface area contributed by atoms with Crippen LogP contribution in [-0.4, -0.2) is 35.6 Å². The van der Waals surface area contributed by atoms with Gasteiger partial charge in [-0.1, -0.05) is 6.07 Å². The highest BCUT2D eigenvalue weighted by atomic mass is 32.1. The van der Waals surface area contributed by atoms with Gasteiger partial charge in [0.05, 0.1) is 17.6 Å². The van der Waals surface area contributed by atoms with Crippen LogP contribution in [0.4, 0.5) is 5.69 Å². The zero-order valence-electron chi connectivity index (χ0n) is 15.9. The second-order valence-electron chi connectivity index (χ2n) is 6.99. The third-order valence-electron chi connectivity index (χ3n) is 5.11. The van der Waals surface area contributed by atoms with E-state index in [0.717, 1.165) is 58.3 Å². The first kappa shape index (κ1) is 18.1. The Labute approximate surface area is 172 Å². The van der Waals surface area contributed by atoms with Gasteiger partial charge in [-0.2, -0.15) is 0 Å². The Hall–Kier alpha value is -2.97. The molecule has 0 bridgehead atoms. The number of ether oxygens (including phenoxy) is 2. The Bertz CT molecular complexity index is 1070. The quantitative estimate of drug-likeness (QED) is 0.692. The van der Waals surface area contributed by atoms with Crippen molar-refractivity contribution < 1.29 is 14.3 Å². The molecule has 2 aliphatic rings. The van der Waals surface area contributed by atoms with Gasteiger partial charge in [0, 0.05) is 36.1 Å². The van der Waals surface area contributed by atoms with Crippen LogP contribution in [0.15, 0.2) is 30.6 Å². The van der Waals surface area contributed by atoms with E-state index < -0.39 is 0 Å². The molecule has 1 aromatic carbocycles. The number of fused-ring (bicyclic) bond motifs is 2. The number of carbonyl (C=O) groups is 1. The lowest BCUT2D eigenvalue weighted by atomic mass is 10.0. The zero-order valence-corrected chi connectivity index (χ0v) is 16.8. The second-order valence-corrected chi connectivity index (χ2v) is 8.07. The fourth-order valence-corrected chi connectivity index (χ4v) is 4.52. The first-order chi connectivity index (χ1) is 14.2. The summed E-state index contributed by atoms with van der Waals surface area (Å²) in [5.41, 5.74) is 4.54. The summed E-state index contributed by atoms with van der Waals surface area (Å²) < 4.78 is 11.3. The van der Waals surface area contributed by atoms with Crippen molar-refractivity contribution in [2.45, 2.75) is 19.9 Å². The van der Waals surface area contributed by atoms with Crippen LogP contribution in [0.3, 0.4) is 0 Å². The topological polar surface area (TPSA) is 85.4 Å². The Morgan fingerprint density at radius 3 is 2.93 bits per heavy atom. The van der Waals surface area contributed by atoms with Gasteiger partial charge in [0.25, 0.3) is 5.91 Å². The number of thiazole rings is 1. The summed E-state index contributed by atoms with van der Waals surface area (Å²) in [5, 5.41) is 6.78. The smallest absolute Gasteiger partial charge is 0.284 e. The number of aromatic nitrogens is 2. The summed E-state index contributed by atoms with van der Waals surface area (Å²) in [6.07, 6.45) is 4.33. The molecule has 29 heavy (non-hydrogen) atoms. The molecule has 0 saturated carbocycles. The summed E-state index contributed by atoms with van der Waals surface area (Å²) in [4.78, 5) is 22.8. The summed E-state index contributed by atoms with van der Waals surface area (Å²) in [7, 11) is 0. The van der Waals surface area contributed by atoms with Crippen LogP contribution >= 0.6 is 11.3 Å². The van der Waals surface area contributed by atoms with E-state index in [-0.39, 0.29) is 5.91 Å². The molecule has 0 spiro atoms. The molecule has 0 saturated heterocycles. The lowest BCUT2D eigenvalue weighted by molar-refractivity contribution is 0.102. The van der Waals surface area contributed by atoms with Gasteiger partial charge in [-0.15, -0.1) is 11.3 Å². The van der Waals surface area contributed by atoms with Gasteiger partial charge in [0.1, 0.15) is 13.2 Å². The van der Waals surface area contributed by atoms with E-state index in [1.165, 1.54) is 11.3 Å². The molecule has 0 radical (unpaired) electrons. The molecule has 8 heteroatoms. The van der Waals surface area contributed by atoms with Crippen molar-refractivity contribution in [1.29, 1.82) is 0 Å². The standard InChI is InChI=1S/C21H20N4O3S/c1-12-14(13-2-3-17-18(8-13)28-7-6-27-17)9-23-10-16(12)24-20(26)21-25-15-4-5-22-11-19(15)29-21/h2-3,8-10,22H,4-7,11H2,1H3,(H,24,26). The van der Waals surface area contributed by atoms with Crippen LogP contribution < -0.4 is 20.1 Å². The van der Waals surface area contributed by atoms with Crippen LogP contribution in [0, 0.1) is 6.92 Å². The van der Waals surface area contributed by atoms with Gasteiger partial charge in [-0.3, -0.25) is 9.78 Å². The summed E-state index contributed by atoms with van der Waals surface area (Å²) >= 11 is 1.45. The van der Waals surface area contributed by atoms with Gasteiger partial charge in [0.2, 0.25) is 0 Å². The summed E-state index contributed by atoms with van der Waals surface area (Å²) in [6, 6.07) is 5.83. The normalized spacial score (nSPS) is 14.9. The average Bonchev–Trinajstić information content (AvgIpc) is 3.19. The third-order valence-corrected chi connectivity index (χ3v) is 6.21. The van der Waals surface area contributed by atoms with Crippen molar-refractivity contribution in [3.05, 3.63) is 51.7 Å². The van der Waals surface area contributed by atoms with Gasteiger partial charge in [-0.05, 0) is 30.2 Å². The minimum atomic E-state index is -0.200. The van der Waals surface area contributed by atoms with Crippen LogP contribution in [0.2, 0.25) is 0 Å². The molecule has 148 valence electrons. The number of anilines is 1. The lowest BCUT2D eigenvalue weighted by Gasteiger charge is -2.19. The Kier molecular flexibility index (Phi) is 4.65. The Morgan fingerprint density at radius 1 is 1.21 bits per heavy atom. The van der Waals surface area contributed by atoms with Crippen LogP contribution in [-0.2, 0) is 13.0 Å². The maximum absolute atomic E-state index is 12.8. The minimum Gasteiger partial charge on any atom is -0.486 e. The number of rotatable bonds is 3. The molecule has 0 atom stereocenters. The zero-order chi connectivity index (χ0) is 19.8. The van der Waals surface area contributed by atoms with Crippen molar-refractivity contribution in [1.82, 2.24) is 15.3 Å². The van der Waals surface area contributed by atoms with E-state index in [4.69, 9.17) is 9.47 Å². The lowest BCUT2D eigenvalue weighted by Crippen LogP contribution is -2.22. The number of hydrogen-bond donors (Lipinski definition) is 2. The molecular weight excluding hydrogens is 388 g/mol. The van der Waals surface area contributed by atoms with E-state index in [0.29, 0.717) is 23.9 Å². The van der Waals surface area contributed by atoms with Gasteiger partial charge in [0.15, 0.2) is 16.5 Å². The molecule has 2 aliphatic heterocycles. The molecule has 1 amide bonds. The van der Waals surface area contributed by atoms with E-state index >= 15 is 0 Å². The Balaban J connectivity index is 1.42. The van der Waals surface area contributed by atoms with Crippen LogP contribution in [0.5, 0.6) is 11.5 Å². The molecule has 2 N–H and O–H groups in total. The van der Waals surface area contributed by atoms with Crippen LogP contribution in [0.25, 0.3) is 11.1 Å². The predicted molar refractivity (Wildman–Crippen MR) is 111 cm³/mol. The molecule has 0 fully saturated rings. The van der Waals surface area contributed by atoms with E-state index in [2.05, 4.69) is 20.6 Å². The summed E-state index contributed by atoms with van der Waals surface area (Å²) in [5.74, 6) is 1.27. The number of nitrogens with zero attached hydrogens (tertiary/aromatic N) is 2. The van der Waals surface area contributed by atoms with E-state index in [9.17, 15) is 4.79 Å². The average molecular weight is 408 g/mol. The van der Waals surface area contributed by atoms with Crippen molar-refractivity contribution in [3.63, 3.8) is 0 Å². The van der Waals surface area contributed by atoms with E-state index in [1.807, 2.05) is 25.1 Å². The molecule has 7 nitrogen and oxygen atoms in total. The minimum absolute atomic E-state index is 0.200.